The van der Waals surface area contributed by atoms with Crippen molar-refractivity contribution in [2.75, 3.05) is 6.61 Å². The molecule has 0 amide bonds. The largest absolute Gasteiger partial charge is 0.463 e. The first-order valence-corrected chi connectivity index (χ1v) is 6.38. The molecule has 0 N–H and O–H groups in total. The fourth-order valence-corrected chi connectivity index (χ4v) is 2.07. The molecule has 2 aromatic rings. The van der Waals surface area contributed by atoms with Gasteiger partial charge in [-0.3, -0.25) is 4.98 Å². The molecule has 0 unspecified atom stereocenters. The predicted molar refractivity (Wildman–Crippen MR) is 75.1 cm³/mol. The van der Waals surface area contributed by atoms with E-state index in [0.29, 0.717) is 6.61 Å². The Morgan fingerprint density at radius 2 is 2.28 bits per heavy atom. The number of carbonyl (C=O) groups excluding carboxylic acids is 1. The molecule has 0 aliphatic rings. The average molecular weight is 306 g/mol. The third-order valence-electron chi connectivity index (χ3n) is 2.43. The molecule has 1 heterocycles. The molecule has 0 saturated carbocycles. The maximum atomic E-state index is 11.2. The topological polar surface area (TPSA) is 39.2 Å². The summed E-state index contributed by atoms with van der Waals surface area (Å²) in [5, 5.41) is 2.12. The van der Waals surface area contributed by atoms with Crippen LogP contribution in [0.25, 0.3) is 16.8 Å². The summed E-state index contributed by atoms with van der Waals surface area (Å²) in [5.41, 5.74) is 0.947. The van der Waals surface area contributed by atoms with Crippen molar-refractivity contribution in [2.24, 2.45) is 0 Å². The Labute approximate surface area is 114 Å². The predicted octanol–water partition coefficient (Wildman–Crippen LogP) is 3.57. The van der Waals surface area contributed by atoms with Gasteiger partial charge in [0.05, 0.1) is 6.61 Å². The molecule has 18 heavy (non-hydrogen) atoms. The highest BCUT2D eigenvalue weighted by atomic mass is 79.9. The molecule has 1 aromatic carbocycles. The molecule has 0 atom stereocenters. The lowest BCUT2D eigenvalue weighted by molar-refractivity contribution is -0.137. The van der Waals surface area contributed by atoms with Crippen LogP contribution in [0.2, 0.25) is 0 Å². The Hall–Kier alpha value is -1.68. The van der Waals surface area contributed by atoms with Crippen LogP contribution in [0.3, 0.4) is 0 Å². The molecular formula is C14H12BrNO2. The zero-order chi connectivity index (χ0) is 13.0. The molecule has 0 spiro atoms. The number of pyridine rings is 1. The van der Waals surface area contributed by atoms with Crippen LogP contribution in [0.4, 0.5) is 0 Å². The van der Waals surface area contributed by atoms with Crippen LogP contribution in [0.5, 0.6) is 0 Å². The van der Waals surface area contributed by atoms with Crippen molar-refractivity contribution < 1.29 is 9.53 Å². The maximum absolute atomic E-state index is 11.2. The van der Waals surface area contributed by atoms with E-state index >= 15 is 0 Å². The van der Waals surface area contributed by atoms with E-state index in [9.17, 15) is 4.79 Å². The van der Waals surface area contributed by atoms with Crippen LogP contribution in [-0.2, 0) is 9.53 Å². The monoisotopic (exact) mass is 305 g/mol. The van der Waals surface area contributed by atoms with Gasteiger partial charge in [0, 0.05) is 28.3 Å². The summed E-state index contributed by atoms with van der Waals surface area (Å²) < 4.78 is 5.77. The third kappa shape index (κ3) is 2.96. The second kappa shape index (κ2) is 5.78. The van der Waals surface area contributed by atoms with Gasteiger partial charge < -0.3 is 4.74 Å². The van der Waals surface area contributed by atoms with Gasteiger partial charge in [-0.1, -0.05) is 12.1 Å². The van der Waals surface area contributed by atoms with E-state index in [2.05, 4.69) is 20.9 Å². The second-order valence-electron chi connectivity index (χ2n) is 3.69. The Morgan fingerprint density at radius 1 is 1.44 bits per heavy atom. The van der Waals surface area contributed by atoms with Crippen molar-refractivity contribution in [3.8, 4) is 0 Å². The molecular weight excluding hydrogens is 294 g/mol. The van der Waals surface area contributed by atoms with E-state index in [4.69, 9.17) is 4.74 Å². The Bertz CT molecular complexity index is 608. The molecule has 2 rings (SSSR count). The van der Waals surface area contributed by atoms with Crippen LogP contribution in [0, 0.1) is 0 Å². The molecule has 3 nitrogen and oxygen atoms in total. The number of ether oxygens (including phenoxy) is 1. The third-order valence-corrected chi connectivity index (χ3v) is 3.07. The molecule has 0 radical (unpaired) electrons. The summed E-state index contributed by atoms with van der Waals surface area (Å²) in [7, 11) is 0. The number of hydrogen-bond donors (Lipinski definition) is 0. The number of fused-ring (bicyclic) bond motifs is 1. The van der Waals surface area contributed by atoms with E-state index in [0.717, 1.165) is 20.8 Å². The van der Waals surface area contributed by atoms with Crippen molar-refractivity contribution in [2.45, 2.75) is 6.92 Å². The number of halogens is 1. The highest BCUT2D eigenvalue weighted by molar-refractivity contribution is 9.10. The van der Waals surface area contributed by atoms with Crippen molar-refractivity contribution in [3.05, 3.63) is 46.7 Å². The first-order valence-electron chi connectivity index (χ1n) is 5.59. The number of nitrogens with zero attached hydrogens (tertiary/aromatic N) is 1. The lowest BCUT2D eigenvalue weighted by Crippen LogP contribution is -1.98. The minimum Gasteiger partial charge on any atom is -0.463 e. The fraction of sp³-hybridized carbons (Fsp3) is 0.143. The lowest BCUT2D eigenvalue weighted by Gasteiger charge is -2.01. The number of rotatable bonds is 3. The van der Waals surface area contributed by atoms with Gasteiger partial charge in [-0.05, 0) is 45.9 Å². The molecule has 0 fully saturated rings. The van der Waals surface area contributed by atoms with Gasteiger partial charge in [0.25, 0.3) is 0 Å². The summed E-state index contributed by atoms with van der Waals surface area (Å²) in [4.78, 5) is 15.3. The van der Waals surface area contributed by atoms with E-state index in [1.807, 2.05) is 18.2 Å². The van der Waals surface area contributed by atoms with Gasteiger partial charge in [-0.15, -0.1) is 0 Å². The summed E-state index contributed by atoms with van der Waals surface area (Å²) in [6.07, 6.45) is 6.73. The van der Waals surface area contributed by atoms with Crippen LogP contribution in [-0.4, -0.2) is 17.6 Å². The number of carbonyl (C=O) groups is 1. The molecule has 1 aromatic heterocycles. The first kappa shape index (κ1) is 12.8. The molecule has 4 heteroatoms. The molecule has 0 saturated heterocycles. The van der Waals surface area contributed by atoms with Gasteiger partial charge in [0.15, 0.2) is 0 Å². The molecule has 0 bridgehead atoms. The molecule has 0 aliphatic carbocycles. The highest BCUT2D eigenvalue weighted by Crippen LogP contribution is 2.23. The SMILES string of the molecule is CCOC(=O)/C=C/c1ccc2cncc(Br)c2c1. The summed E-state index contributed by atoms with van der Waals surface area (Å²) in [6, 6.07) is 5.90. The van der Waals surface area contributed by atoms with E-state index in [-0.39, 0.29) is 5.97 Å². The van der Waals surface area contributed by atoms with Crippen molar-refractivity contribution in [1.82, 2.24) is 4.98 Å². The zero-order valence-corrected chi connectivity index (χ0v) is 11.5. The number of esters is 1. The molecule has 92 valence electrons. The van der Waals surface area contributed by atoms with Crippen LogP contribution in [0.1, 0.15) is 12.5 Å². The summed E-state index contributed by atoms with van der Waals surface area (Å²) in [5.74, 6) is -0.327. The first-order chi connectivity index (χ1) is 8.70. The molecule has 0 aliphatic heterocycles. The smallest absolute Gasteiger partial charge is 0.330 e. The van der Waals surface area contributed by atoms with Gasteiger partial charge in [0.2, 0.25) is 0 Å². The van der Waals surface area contributed by atoms with Crippen LogP contribution in [0.15, 0.2) is 41.1 Å². The van der Waals surface area contributed by atoms with E-state index in [1.165, 1.54) is 6.08 Å². The Kier molecular flexibility index (Phi) is 4.10. The van der Waals surface area contributed by atoms with Gasteiger partial charge in [-0.2, -0.15) is 0 Å². The van der Waals surface area contributed by atoms with Crippen LogP contribution < -0.4 is 0 Å². The van der Waals surface area contributed by atoms with Crippen molar-refractivity contribution >= 4 is 38.7 Å². The second-order valence-corrected chi connectivity index (χ2v) is 4.54. The Morgan fingerprint density at radius 3 is 3.06 bits per heavy atom. The number of benzene rings is 1. The van der Waals surface area contributed by atoms with E-state index in [1.54, 1.807) is 25.4 Å². The van der Waals surface area contributed by atoms with E-state index < -0.39 is 0 Å². The Balaban J connectivity index is 2.30. The van der Waals surface area contributed by atoms with Crippen LogP contribution >= 0.6 is 15.9 Å². The summed E-state index contributed by atoms with van der Waals surface area (Å²) in [6.45, 7) is 2.17. The van der Waals surface area contributed by atoms with Gasteiger partial charge in [-0.25, -0.2) is 4.79 Å². The van der Waals surface area contributed by atoms with Crippen molar-refractivity contribution in [1.29, 1.82) is 0 Å². The summed E-state index contributed by atoms with van der Waals surface area (Å²) >= 11 is 3.46. The highest BCUT2D eigenvalue weighted by Gasteiger charge is 2.00. The van der Waals surface area contributed by atoms with Gasteiger partial charge >= 0.3 is 5.97 Å². The zero-order valence-electron chi connectivity index (χ0n) is 9.89. The fourth-order valence-electron chi connectivity index (χ4n) is 1.60. The maximum Gasteiger partial charge on any atom is 0.330 e. The van der Waals surface area contributed by atoms with Gasteiger partial charge in [0.1, 0.15) is 0 Å². The number of hydrogen-bond acceptors (Lipinski definition) is 3. The quantitative estimate of drug-likeness (QED) is 0.643. The lowest BCUT2D eigenvalue weighted by atomic mass is 10.1. The average Bonchev–Trinajstić information content (AvgIpc) is 2.37. The minimum atomic E-state index is -0.327. The van der Waals surface area contributed by atoms with Crippen molar-refractivity contribution in [3.63, 3.8) is 0 Å². The number of aromatic nitrogens is 1. The standard InChI is InChI=1S/C14H12BrNO2/c1-2-18-14(17)6-4-10-3-5-11-8-16-9-13(15)12(11)7-10/h3-9H,2H2,1H3/b6-4+. The minimum absolute atomic E-state index is 0.327. The normalized spacial score (nSPS) is 11.0.